The number of carbonyl (C=O) groups is 1. The van der Waals surface area contributed by atoms with Gasteiger partial charge in [0, 0.05) is 37.5 Å². The first-order valence-corrected chi connectivity index (χ1v) is 9.13. The molecule has 0 radical (unpaired) electrons. The Labute approximate surface area is 166 Å². The van der Waals surface area contributed by atoms with Crippen LogP contribution in [0.1, 0.15) is 22.8 Å². The van der Waals surface area contributed by atoms with Crippen molar-refractivity contribution in [3.8, 4) is 5.88 Å². The number of carbonyl (C=O) groups excluding carboxylic acids is 1. The molecule has 9 heteroatoms. The Bertz CT molecular complexity index is 818. The van der Waals surface area contributed by atoms with Crippen molar-refractivity contribution in [2.24, 2.45) is 0 Å². The summed E-state index contributed by atoms with van der Waals surface area (Å²) in [5.41, 5.74) is 1.64. The Balaban J connectivity index is 1.55. The minimum Gasteiger partial charge on any atom is -0.468 e. The number of benzene rings is 1. The Morgan fingerprint density at radius 2 is 2.03 bits per heavy atom. The number of pyridine rings is 1. The third-order valence-corrected chi connectivity index (χ3v) is 4.40. The summed E-state index contributed by atoms with van der Waals surface area (Å²) in [5.74, 6) is -0.615. The van der Waals surface area contributed by atoms with Crippen LogP contribution < -0.4 is 15.4 Å². The molecule has 6 nitrogen and oxygen atoms in total. The molecule has 0 spiro atoms. The first-order valence-electron chi connectivity index (χ1n) is 9.13. The van der Waals surface area contributed by atoms with Crippen LogP contribution in [-0.2, 0) is 11.2 Å². The zero-order valence-electron chi connectivity index (χ0n) is 15.9. The molecule has 1 saturated heterocycles. The fraction of sp³-hybridized carbons (Fsp3) is 0.400. The first-order chi connectivity index (χ1) is 13.7. The Hall–Kier alpha value is -2.65. The molecule has 29 heavy (non-hydrogen) atoms. The lowest BCUT2D eigenvalue weighted by Gasteiger charge is -2.34. The number of hydrogen-bond acceptors (Lipinski definition) is 5. The fourth-order valence-electron chi connectivity index (χ4n) is 2.98. The highest BCUT2D eigenvalue weighted by atomic mass is 19.4. The Morgan fingerprint density at radius 1 is 1.28 bits per heavy atom. The number of morpholine rings is 1. The van der Waals surface area contributed by atoms with Gasteiger partial charge in [-0.05, 0) is 30.7 Å². The molecular formula is C20H22F3N3O3. The van der Waals surface area contributed by atoms with Crippen LogP contribution in [0.3, 0.4) is 0 Å². The van der Waals surface area contributed by atoms with Crippen LogP contribution in [0.25, 0.3) is 0 Å². The molecule has 1 aromatic heterocycles. The maximum atomic E-state index is 12.3. The lowest BCUT2D eigenvalue weighted by atomic mass is 9.95. The first kappa shape index (κ1) is 21.1. The fourth-order valence-corrected chi connectivity index (χ4v) is 2.98. The molecule has 1 amide bonds. The number of ether oxygens (including phenoxy) is 2. The zero-order chi connectivity index (χ0) is 20.9. The summed E-state index contributed by atoms with van der Waals surface area (Å²) in [4.78, 5) is 16.0. The van der Waals surface area contributed by atoms with Crippen molar-refractivity contribution < 1.29 is 27.4 Å². The second-order valence-corrected chi connectivity index (χ2v) is 7.09. The molecule has 3 rings (SSSR count). The molecule has 1 aliphatic heterocycles. The van der Waals surface area contributed by atoms with E-state index in [1.807, 2.05) is 12.1 Å². The monoisotopic (exact) mass is 409 g/mol. The molecule has 1 fully saturated rings. The average Bonchev–Trinajstić information content (AvgIpc) is 2.68. The summed E-state index contributed by atoms with van der Waals surface area (Å²) < 4.78 is 46.8. The molecular weight excluding hydrogens is 387 g/mol. The predicted molar refractivity (Wildman–Crippen MR) is 101 cm³/mol. The van der Waals surface area contributed by atoms with E-state index in [1.54, 1.807) is 12.1 Å². The van der Waals surface area contributed by atoms with E-state index in [2.05, 4.69) is 27.3 Å². The molecule has 1 aliphatic rings. The smallest absolute Gasteiger partial charge is 0.422 e. The molecule has 0 saturated carbocycles. The number of halogens is 3. The van der Waals surface area contributed by atoms with E-state index in [0.717, 1.165) is 25.1 Å². The number of hydrogen-bond donors (Lipinski definition) is 2. The van der Waals surface area contributed by atoms with Gasteiger partial charge in [-0.2, -0.15) is 13.2 Å². The van der Waals surface area contributed by atoms with Gasteiger partial charge in [-0.3, -0.25) is 4.79 Å². The van der Waals surface area contributed by atoms with Gasteiger partial charge in [0.1, 0.15) is 0 Å². The van der Waals surface area contributed by atoms with Crippen LogP contribution in [0.15, 0.2) is 42.6 Å². The van der Waals surface area contributed by atoms with Gasteiger partial charge in [-0.25, -0.2) is 4.98 Å². The van der Waals surface area contributed by atoms with E-state index in [9.17, 15) is 18.0 Å². The Morgan fingerprint density at radius 3 is 2.62 bits per heavy atom. The van der Waals surface area contributed by atoms with Crippen molar-refractivity contribution in [1.29, 1.82) is 0 Å². The summed E-state index contributed by atoms with van der Waals surface area (Å²) in [7, 11) is 0. The van der Waals surface area contributed by atoms with Crippen molar-refractivity contribution >= 4 is 11.6 Å². The van der Waals surface area contributed by atoms with Gasteiger partial charge >= 0.3 is 6.18 Å². The highest BCUT2D eigenvalue weighted by Gasteiger charge is 2.29. The van der Waals surface area contributed by atoms with Gasteiger partial charge in [0.05, 0.1) is 17.8 Å². The highest BCUT2D eigenvalue weighted by molar-refractivity contribution is 6.04. The van der Waals surface area contributed by atoms with E-state index in [1.165, 1.54) is 18.3 Å². The maximum Gasteiger partial charge on any atom is 0.422 e. The van der Waals surface area contributed by atoms with E-state index in [0.29, 0.717) is 12.3 Å². The summed E-state index contributed by atoms with van der Waals surface area (Å²) in [6, 6.07) is 10.0. The second kappa shape index (κ2) is 8.79. The number of rotatable bonds is 6. The molecule has 156 valence electrons. The molecule has 1 atom stereocenters. The van der Waals surface area contributed by atoms with Crippen LogP contribution in [0.4, 0.5) is 18.9 Å². The topological polar surface area (TPSA) is 72.5 Å². The second-order valence-electron chi connectivity index (χ2n) is 7.09. The third-order valence-electron chi connectivity index (χ3n) is 4.40. The molecule has 0 bridgehead atoms. The van der Waals surface area contributed by atoms with Gasteiger partial charge in [0.25, 0.3) is 5.91 Å². The van der Waals surface area contributed by atoms with Crippen molar-refractivity contribution in [2.75, 3.05) is 31.6 Å². The number of amides is 1. The number of aromatic nitrogens is 1. The van der Waals surface area contributed by atoms with Crippen molar-refractivity contribution in [3.05, 3.63) is 53.7 Å². The lowest BCUT2D eigenvalue weighted by molar-refractivity contribution is -0.154. The van der Waals surface area contributed by atoms with Gasteiger partial charge in [0.2, 0.25) is 5.88 Å². The van der Waals surface area contributed by atoms with Crippen LogP contribution in [0.2, 0.25) is 0 Å². The zero-order valence-corrected chi connectivity index (χ0v) is 15.9. The van der Waals surface area contributed by atoms with Crippen molar-refractivity contribution in [3.63, 3.8) is 0 Å². The third kappa shape index (κ3) is 6.43. The predicted octanol–water partition coefficient (Wildman–Crippen LogP) is 3.20. The summed E-state index contributed by atoms with van der Waals surface area (Å²) in [5, 5.41) is 6.05. The largest absolute Gasteiger partial charge is 0.468 e. The average molecular weight is 409 g/mol. The van der Waals surface area contributed by atoms with Crippen molar-refractivity contribution in [2.45, 2.75) is 25.1 Å². The number of alkyl halides is 3. The van der Waals surface area contributed by atoms with Gasteiger partial charge < -0.3 is 20.1 Å². The van der Waals surface area contributed by atoms with Gasteiger partial charge in [-0.1, -0.05) is 12.1 Å². The molecule has 0 aliphatic carbocycles. The minimum absolute atomic E-state index is 0.198. The number of nitrogens with zero attached hydrogens (tertiary/aromatic N) is 1. The number of nitrogens with one attached hydrogen (secondary N) is 2. The maximum absolute atomic E-state index is 12.3. The minimum atomic E-state index is -4.44. The van der Waals surface area contributed by atoms with Crippen molar-refractivity contribution in [1.82, 2.24) is 10.3 Å². The van der Waals surface area contributed by atoms with Crippen LogP contribution >= 0.6 is 0 Å². The summed E-state index contributed by atoms with van der Waals surface area (Å²) in [6.07, 6.45) is -2.53. The van der Waals surface area contributed by atoms with Crippen LogP contribution in [0.5, 0.6) is 5.88 Å². The standard InChI is InChI=1S/C20H22F3N3O3/c1-19(12-24-8-9-29-19)10-14-2-5-16(6-3-14)26-18(27)15-4-7-17(25-11-15)28-13-20(21,22)23/h2-7,11,24H,8-10,12-13H2,1H3,(H,26,27)/t19-/m1/s1. The van der Waals surface area contributed by atoms with Gasteiger partial charge in [0.15, 0.2) is 6.61 Å². The van der Waals surface area contributed by atoms with E-state index >= 15 is 0 Å². The van der Waals surface area contributed by atoms with E-state index < -0.39 is 18.7 Å². The molecule has 0 unspecified atom stereocenters. The molecule has 1 aromatic carbocycles. The van der Waals surface area contributed by atoms with Crippen LogP contribution in [0, 0.1) is 0 Å². The lowest BCUT2D eigenvalue weighted by Crippen LogP contribution is -2.48. The van der Waals surface area contributed by atoms with Gasteiger partial charge in [-0.15, -0.1) is 0 Å². The molecule has 2 aromatic rings. The molecule has 2 heterocycles. The SMILES string of the molecule is C[C@@]1(Cc2ccc(NC(=O)c3ccc(OCC(F)(F)F)nc3)cc2)CNCCO1. The van der Waals surface area contributed by atoms with E-state index in [4.69, 9.17) is 4.74 Å². The Kier molecular flexibility index (Phi) is 6.39. The van der Waals surface area contributed by atoms with Crippen LogP contribution in [-0.4, -0.2) is 49.0 Å². The molecule has 2 N–H and O–H groups in total. The highest BCUT2D eigenvalue weighted by Crippen LogP contribution is 2.21. The summed E-state index contributed by atoms with van der Waals surface area (Å²) >= 11 is 0. The quantitative estimate of drug-likeness (QED) is 0.767. The summed E-state index contributed by atoms with van der Waals surface area (Å²) in [6.45, 7) is 2.94. The van der Waals surface area contributed by atoms with E-state index in [-0.39, 0.29) is 17.0 Å². The normalized spacial score (nSPS) is 19.6. The number of anilines is 1.